The molecule has 0 atom stereocenters. The lowest BCUT2D eigenvalue weighted by atomic mass is 10.0. The van der Waals surface area contributed by atoms with Gasteiger partial charge in [0.05, 0.1) is 19.3 Å². The Kier molecular flexibility index (Phi) is 6.33. The van der Waals surface area contributed by atoms with Crippen molar-refractivity contribution in [3.8, 4) is 0 Å². The maximum Gasteiger partial charge on any atom is 0.338 e. The van der Waals surface area contributed by atoms with Crippen LogP contribution in [0.3, 0.4) is 0 Å². The summed E-state index contributed by atoms with van der Waals surface area (Å²) in [6.45, 7) is 0.0126. The summed E-state index contributed by atoms with van der Waals surface area (Å²) >= 11 is 0. The highest BCUT2D eigenvalue weighted by Crippen LogP contribution is 2.14. The summed E-state index contributed by atoms with van der Waals surface area (Å²) in [4.78, 5) is 11.5. The summed E-state index contributed by atoms with van der Waals surface area (Å²) < 4.78 is 4.74. The number of rotatable bonds is 7. The molecule has 0 N–H and O–H groups in total. The van der Waals surface area contributed by atoms with Gasteiger partial charge in [-0.05, 0) is 30.9 Å². The van der Waals surface area contributed by atoms with Crippen molar-refractivity contribution in [2.45, 2.75) is 32.1 Å². The van der Waals surface area contributed by atoms with Crippen LogP contribution < -0.4 is 0 Å². The van der Waals surface area contributed by atoms with Gasteiger partial charge in [-0.1, -0.05) is 31.0 Å². The molecular weight excluding hydrogens is 216 g/mol. The Morgan fingerprint density at radius 3 is 2.53 bits per heavy atom. The minimum absolute atomic E-state index is 0.0126. The van der Waals surface area contributed by atoms with Crippen LogP contribution in [0.5, 0.6) is 0 Å². The van der Waals surface area contributed by atoms with Crippen molar-refractivity contribution in [1.29, 1.82) is 0 Å². The third kappa shape index (κ3) is 4.57. The number of benzene rings is 1. The molecule has 0 bridgehead atoms. The third-order valence-electron chi connectivity index (χ3n) is 2.76. The smallest absolute Gasteiger partial charge is 0.338 e. The molecule has 1 rings (SSSR count). The van der Waals surface area contributed by atoms with Gasteiger partial charge in [-0.15, -0.1) is 0 Å². The Bertz CT molecular complexity index is 347. The molecule has 0 unspecified atom stereocenters. The molecule has 1 aromatic rings. The zero-order valence-corrected chi connectivity index (χ0v) is 10.3. The van der Waals surface area contributed by atoms with Crippen molar-refractivity contribution in [2.75, 3.05) is 13.7 Å². The van der Waals surface area contributed by atoms with Gasteiger partial charge >= 0.3 is 5.97 Å². The number of carbonyl (C=O) groups is 1. The first-order valence-corrected chi connectivity index (χ1v) is 6.04. The minimum atomic E-state index is -0.278. The van der Waals surface area contributed by atoms with E-state index in [9.17, 15) is 9.90 Å². The van der Waals surface area contributed by atoms with Crippen LogP contribution in [0.15, 0.2) is 24.3 Å². The highest BCUT2D eigenvalue weighted by molar-refractivity contribution is 5.90. The Hall–Kier alpha value is -1.35. The summed E-state index contributed by atoms with van der Waals surface area (Å²) in [5.41, 5.74) is 1.68. The Balaban J connectivity index is 2.49. The number of esters is 1. The Morgan fingerprint density at radius 2 is 1.82 bits per heavy atom. The molecule has 0 heterocycles. The van der Waals surface area contributed by atoms with E-state index < -0.39 is 0 Å². The van der Waals surface area contributed by atoms with Crippen molar-refractivity contribution in [1.82, 2.24) is 0 Å². The highest BCUT2D eigenvalue weighted by Gasteiger charge is 2.09. The molecule has 0 aromatic heterocycles. The van der Waals surface area contributed by atoms with E-state index >= 15 is 0 Å². The van der Waals surface area contributed by atoms with Gasteiger partial charge < -0.3 is 4.74 Å². The molecule has 0 saturated heterocycles. The molecule has 0 amide bonds. The monoisotopic (exact) mass is 235 g/mol. The predicted octanol–water partition coefficient (Wildman–Crippen LogP) is 3.01. The number of hydrogen-bond donors (Lipinski definition) is 0. The fraction of sp³-hybridized carbons (Fsp3) is 0.500. The van der Waals surface area contributed by atoms with Gasteiger partial charge in [0.1, 0.15) is 0 Å². The lowest BCUT2D eigenvalue weighted by molar-refractivity contribution is 0.0599. The Labute approximate surface area is 102 Å². The lowest BCUT2D eigenvalue weighted by Gasteiger charge is -2.07. The van der Waals surface area contributed by atoms with E-state index in [1.807, 2.05) is 18.2 Å². The van der Waals surface area contributed by atoms with E-state index in [0.29, 0.717) is 5.56 Å². The van der Waals surface area contributed by atoms with Gasteiger partial charge in [-0.3, -0.25) is 0 Å². The molecule has 0 aliphatic heterocycles. The first-order valence-electron chi connectivity index (χ1n) is 6.04. The van der Waals surface area contributed by atoms with Crippen molar-refractivity contribution in [3.63, 3.8) is 0 Å². The standard InChI is InChI=1S/C14H19O3/c1-17-14(16)13-10-6-5-9-12(13)8-4-2-3-7-11-15/h5-6,9-10H,2-4,7-8,11H2,1H3. The van der Waals surface area contributed by atoms with Gasteiger partial charge in [0, 0.05) is 0 Å². The zero-order chi connectivity index (χ0) is 12.5. The van der Waals surface area contributed by atoms with E-state index in [2.05, 4.69) is 0 Å². The average Bonchev–Trinajstić information content (AvgIpc) is 2.38. The second kappa shape index (κ2) is 7.85. The number of methoxy groups -OCH3 is 1. The van der Waals surface area contributed by atoms with Crippen LogP contribution in [0.2, 0.25) is 0 Å². The van der Waals surface area contributed by atoms with Gasteiger partial charge in [-0.2, -0.15) is 0 Å². The van der Waals surface area contributed by atoms with Crippen LogP contribution in [0, 0.1) is 0 Å². The summed E-state index contributed by atoms with van der Waals surface area (Å²) in [5, 5.41) is 10.3. The molecule has 3 nitrogen and oxygen atoms in total. The van der Waals surface area contributed by atoms with Crippen LogP contribution in [-0.2, 0) is 16.3 Å². The lowest BCUT2D eigenvalue weighted by Crippen LogP contribution is -2.05. The number of carbonyl (C=O) groups excluding carboxylic acids is 1. The first-order chi connectivity index (χ1) is 8.29. The van der Waals surface area contributed by atoms with Crippen LogP contribution >= 0.6 is 0 Å². The van der Waals surface area contributed by atoms with Gasteiger partial charge in [0.2, 0.25) is 0 Å². The topological polar surface area (TPSA) is 46.2 Å². The summed E-state index contributed by atoms with van der Waals surface area (Å²) in [6.07, 6.45) is 4.64. The largest absolute Gasteiger partial charge is 0.465 e. The molecular formula is C14H19O3. The Morgan fingerprint density at radius 1 is 1.12 bits per heavy atom. The number of aryl methyl sites for hydroxylation is 1. The molecule has 0 aliphatic carbocycles. The molecule has 0 fully saturated rings. The van der Waals surface area contributed by atoms with Gasteiger partial charge in [0.15, 0.2) is 0 Å². The van der Waals surface area contributed by atoms with Crippen LogP contribution in [0.25, 0.3) is 0 Å². The fourth-order valence-corrected chi connectivity index (χ4v) is 1.82. The average molecular weight is 235 g/mol. The van der Waals surface area contributed by atoms with Crippen molar-refractivity contribution < 1.29 is 14.6 Å². The second-order valence-corrected chi connectivity index (χ2v) is 4.02. The second-order valence-electron chi connectivity index (χ2n) is 4.02. The number of ether oxygens (including phenoxy) is 1. The van der Waals surface area contributed by atoms with Gasteiger partial charge in [0.25, 0.3) is 0 Å². The number of unbranched alkanes of at least 4 members (excludes halogenated alkanes) is 3. The van der Waals surface area contributed by atoms with Crippen LogP contribution in [-0.4, -0.2) is 19.7 Å². The van der Waals surface area contributed by atoms with Crippen LogP contribution in [0.1, 0.15) is 41.6 Å². The molecule has 0 spiro atoms. The summed E-state index contributed by atoms with van der Waals surface area (Å²) in [5.74, 6) is -0.278. The van der Waals surface area contributed by atoms with E-state index in [1.54, 1.807) is 6.07 Å². The van der Waals surface area contributed by atoms with E-state index in [-0.39, 0.29) is 12.6 Å². The molecule has 3 heteroatoms. The maximum absolute atomic E-state index is 11.5. The van der Waals surface area contributed by atoms with E-state index in [1.165, 1.54) is 7.11 Å². The highest BCUT2D eigenvalue weighted by atomic mass is 16.5. The summed E-state index contributed by atoms with van der Waals surface area (Å²) in [6, 6.07) is 7.52. The molecule has 1 aromatic carbocycles. The molecule has 93 valence electrons. The molecule has 0 aliphatic rings. The molecule has 0 saturated carbocycles. The van der Waals surface area contributed by atoms with E-state index in [4.69, 9.17) is 4.74 Å². The fourth-order valence-electron chi connectivity index (χ4n) is 1.82. The van der Waals surface area contributed by atoms with Crippen molar-refractivity contribution in [2.24, 2.45) is 0 Å². The van der Waals surface area contributed by atoms with E-state index in [0.717, 1.165) is 37.7 Å². The third-order valence-corrected chi connectivity index (χ3v) is 2.76. The normalized spacial score (nSPS) is 10.2. The van der Waals surface area contributed by atoms with Gasteiger partial charge in [-0.25, -0.2) is 9.90 Å². The zero-order valence-electron chi connectivity index (χ0n) is 10.3. The first kappa shape index (κ1) is 13.7. The minimum Gasteiger partial charge on any atom is -0.465 e. The number of hydrogen-bond acceptors (Lipinski definition) is 2. The predicted molar refractivity (Wildman–Crippen MR) is 65.5 cm³/mol. The SMILES string of the molecule is COC(=O)c1ccccc1CCCCCC[O]. The van der Waals surface area contributed by atoms with Crippen molar-refractivity contribution >= 4 is 5.97 Å². The van der Waals surface area contributed by atoms with Crippen molar-refractivity contribution in [3.05, 3.63) is 35.4 Å². The maximum atomic E-state index is 11.5. The molecule has 17 heavy (non-hydrogen) atoms. The van der Waals surface area contributed by atoms with Crippen LogP contribution in [0.4, 0.5) is 0 Å². The summed E-state index contributed by atoms with van der Waals surface area (Å²) in [7, 11) is 1.40. The quantitative estimate of drug-likeness (QED) is 0.538. The molecule has 1 radical (unpaired) electrons.